The Morgan fingerprint density at radius 2 is 2.09 bits per heavy atom. The molecule has 1 heterocycles. The molecular formula is C4H4Cl2N2O2S. The number of aromatic amines is 1. The highest BCUT2D eigenvalue weighted by molar-refractivity contribution is 8.13. The van der Waals surface area contributed by atoms with Crippen molar-refractivity contribution in [3.05, 3.63) is 10.8 Å². The zero-order chi connectivity index (χ0) is 8.65. The van der Waals surface area contributed by atoms with Gasteiger partial charge < -0.3 is 0 Å². The molecule has 1 rings (SSSR count). The smallest absolute Gasteiger partial charge is 0.266 e. The molecule has 1 aromatic heterocycles. The van der Waals surface area contributed by atoms with Gasteiger partial charge in [0.25, 0.3) is 9.05 Å². The van der Waals surface area contributed by atoms with Crippen LogP contribution in [0.4, 0.5) is 0 Å². The topological polar surface area (TPSA) is 62.8 Å². The molecule has 0 saturated heterocycles. The Kier molecular flexibility index (Phi) is 2.13. The van der Waals surface area contributed by atoms with Crippen molar-refractivity contribution >= 4 is 31.3 Å². The minimum absolute atomic E-state index is 0.127. The highest BCUT2D eigenvalue weighted by Gasteiger charge is 2.20. The van der Waals surface area contributed by atoms with Gasteiger partial charge >= 0.3 is 0 Å². The van der Waals surface area contributed by atoms with Crippen molar-refractivity contribution in [1.29, 1.82) is 0 Å². The lowest BCUT2D eigenvalue weighted by atomic mass is 10.5. The Labute approximate surface area is 72.9 Å². The first-order valence-electron chi connectivity index (χ1n) is 2.58. The van der Waals surface area contributed by atoms with E-state index < -0.39 is 9.05 Å². The highest BCUT2D eigenvalue weighted by Crippen LogP contribution is 2.24. The first kappa shape index (κ1) is 8.83. The van der Waals surface area contributed by atoms with Gasteiger partial charge in [-0.2, -0.15) is 5.10 Å². The van der Waals surface area contributed by atoms with E-state index in [2.05, 4.69) is 10.2 Å². The minimum Gasteiger partial charge on any atom is -0.280 e. The average Bonchev–Trinajstić information content (AvgIpc) is 2.08. The lowest BCUT2D eigenvalue weighted by Crippen LogP contribution is -1.91. The van der Waals surface area contributed by atoms with Gasteiger partial charge in [-0.3, -0.25) is 5.10 Å². The Hall–Kier alpha value is -0.260. The number of halogens is 2. The van der Waals surface area contributed by atoms with Crippen LogP contribution >= 0.6 is 22.3 Å². The summed E-state index contributed by atoms with van der Waals surface area (Å²) in [5, 5.41) is 5.73. The third-order valence-corrected chi connectivity index (χ3v) is 2.93. The highest BCUT2D eigenvalue weighted by atomic mass is 35.7. The van der Waals surface area contributed by atoms with Crippen molar-refractivity contribution in [3.8, 4) is 0 Å². The fourth-order valence-electron chi connectivity index (χ4n) is 0.673. The van der Waals surface area contributed by atoms with E-state index in [9.17, 15) is 8.42 Å². The van der Waals surface area contributed by atoms with Crippen LogP contribution in [0.2, 0.25) is 5.15 Å². The molecule has 0 bridgehead atoms. The number of H-pyrrole nitrogens is 1. The number of aryl methyl sites for hydroxylation is 1. The van der Waals surface area contributed by atoms with E-state index in [1.54, 1.807) is 0 Å². The Balaban J connectivity index is 3.45. The van der Waals surface area contributed by atoms with Gasteiger partial charge in [0.2, 0.25) is 0 Å². The molecule has 4 nitrogen and oxygen atoms in total. The second-order valence-corrected chi connectivity index (χ2v) is 4.77. The molecule has 62 valence electrons. The first-order chi connectivity index (χ1) is 4.93. The summed E-state index contributed by atoms with van der Waals surface area (Å²) in [7, 11) is 1.26. The third-order valence-electron chi connectivity index (χ3n) is 1.09. The number of aromatic nitrogens is 2. The summed E-state index contributed by atoms with van der Waals surface area (Å²) in [5.41, 5.74) is 0.338. The molecule has 0 atom stereocenters. The standard InChI is InChI=1S/C4H4Cl2N2O2S/c1-2-3(11(6,9)10)4(5)8-7-2/h1H3,(H,7,8). The first-order valence-corrected chi connectivity index (χ1v) is 5.27. The Morgan fingerprint density at radius 1 is 1.55 bits per heavy atom. The number of rotatable bonds is 1. The van der Waals surface area contributed by atoms with E-state index in [1.165, 1.54) is 6.92 Å². The van der Waals surface area contributed by atoms with E-state index >= 15 is 0 Å². The average molecular weight is 215 g/mol. The Bertz CT molecular complexity index is 350. The predicted octanol–water partition coefficient (Wildman–Crippen LogP) is 1.30. The molecular weight excluding hydrogens is 211 g/mol. The van der Waals surface area contributed by atoms with Crippen LogP contribution in [0, 0.1) is 6.92 Å². The van der Waals surface area contributed by atoms with Crippen molar-refractivity contribution < 1.29 is 8.42 Å². The van der Waals surface area contributed by atoms with Gasteiger partial charge in [-0.05, 0) is 6.92 Å². The van der Waals surface area contributed by atoms with Crippen molar-refractivity contribution in [2.75, 3.05) is 0 Å². The van der Waals surface area contributed by atoms with Crippen molar-refractivity contribution in [3.63, 3.8) is 0 Å². The lowest BCUT2D eigenvalue weighted by Gasteiger charge is -1.90. The van der Waals surface area contributed by atoms with Crippen LogP contribution in [-0.2, 0) is 9.05 Å². The van der Waals surface area contributed by atoms with Crippen LogP contribution in [0.3, 0.4) is 0 Å². The maximum atomic E-state index is 10.8. The zero-order valence-corrected chi connectivity index (χ0v) is 7.76. The van der Waals surface area contributed by atoms with Crippen LogP contribution in [0.15, 0.2) is 4.90 Å². The number of hydrogen-bond donors (Lipinski definition) is 1. The SMILES string of the molecule is Cc1[nH]nc(Cl)c1S(=O)(=O)Cl. The van der Waals surface area contributed by atoms with Gasteiger partial charge in [-0.25, -0.2) is 8.42 Å². The molecule has 1 N–H and O–H groups in total. The van der Waals surface area contributed by atoms with E-state index in [-0.39, 0.29) is 10.0 Å². The molecule has 0 amide bonds. The second kappa shape index (κ2) is 2.66. The van der Waals surface area contributed by atoms with Crippen molar-refractivity contribution in [2.24, 2.45) is 0 Å². The van der Waals surface area contributed by atoms with E-state index in [4.69, 9.17) is 22.3 Å². The molecule has 0 unspecified atom stereocenters. The van der Waals surface area contributed by atoms with Gasteiger partial charge in [-0.15, -0.1) is 0 Å². The fourth-order valence-corrected chi connectivity index (χ4v) is 2.50. The number of hydrogen-bond acceptors (Lipinski definition) is 3. The van der Waals surface area contributed by atoms with E-state index in [1.807, 2.05) is 0 Å². The normalized spacial score (nSPS) is 11.9. The zero-order valence-electron chi connectivity index (χ0n) is 5.43. The lowest BCUT2D eigenvalue weighted by molar-refractivity contribution is 0.609. The van der Waals surface area contributed by atoms with Crippen molar-refractivity contribution in [2.45, 2.75) is 11.8 Å². The van der Waals surface area contributed by atoms with Gasteiger partial charge in [0, 0.05) is 10.7 Å². The molecule has 11 heavy (non-hydrogen) atoms. The van der Waals surface area contributed by atoms with Crippen LogP contribution < -0.4 is 0 Å². The summed E-state index contributed by atoms with van der Waals surface area (Å²) in [6, 6.07) is 0. The maximum Gasteiger partial charge on any atom is 0.266 e. The van der Waals surface area contributed by atoms with Gasteiger partial charge in [0.05, 0.1) is 5.69 Å². The van der Waals surface area contributed by atoms with Crippen LogP contribution in [0.25, 0.3) is 0 Å². The molecule has 7 heteroatoms. The van der Waals surface area contributed by atoms with E-state index in [0.717, 1.165) is 0 Å². The third kappa shape index (κ3) is 1.66. The molecule has 0 fully saturated rings. The fraction of sp³-hybridized carbons (Fsp3) is 0.250. The summed E-state index contributed by atoms with van der Waals surface area (Å²) >= 11 is 5.42. The van der Waals surface area contributed by atoms with Gasteiger partial charge in [-0.1, -0.05) is 11.6 Å². The summed E-state index contributed by atoms with van der Waals surface area (Å²) in [5.74, 6) is 0. The largest absolute Gasteiger partial charge is 0.280 e. The summed E-state index contributed by atoms with van der Waals surface area (Å²) in [6.45, 7) is 1.52. The second-order valence-electron chi connectivity index (χ2n) is 1.91. The molecule has 0 spiro atoms. The quantitative estimate of drug-likeness (QED) is 0.718. The monoisotopic (exact) mass is 214 g/mol. The molecule has 0 aromatic carbocycles. The summed E-state index contributed by atoms with van der Waals surface area (Å²) < 4.78 is 21.5. The molecule has 0 radical (unpaired) electrons. The Morgan fingerprint density at radius 3 is 2.27 bits per heavy atom. The number of nitrogens with zero attached hydrogens (tertiary/aromatic N) is 1. The summed E-state index contributed by atoms with van der Waals surface area (Å²) in [6.07, 6.45) is 0. The van der Waals surface area contributed by atoms with E-state index in [0.29, 0.717) is 5.69 Å². The molecule has 0 saturated carbocycles. The summed E-state index contributed by atoms with van der Waals surface area (Å²) in [4.78, 5) is -0.152. The van der Waals surface area contributed by atoms with Crippen LogP contribution in [-0.4, -0.2) is 18.6 Å². The molecule has 1 aromatic rings. The molecule has 0 aliphatic rings. The number of nitrogens with one attached hydrogen (secondary N) is 1. The van der Waals surface area contributed by atoms with Gasteiger partial charge in [0.1, 0.15) is 4.90 Å². The maximum absolute atomic E-state index is 10.8. The minimum atomic E-state index is -3.77. The van der Waals surface area contributed by atoms with Crippen LogP contribution in [0.5, 0.6) is 0 Å². The predicted molar refractivity (Wildman–Crippen MR) is 41.4 cm³/mol. The molecule has 0 aliphatic heterocycles. The molecule has 0 aliphatic carbocycles. The van der Waals surface area contributed by atoms with Crippen LogP contribution in [0.1, 0.15) is 5.69 Å². The van der Waals surface area contributed by atoms with Crippen molar-refractivity contribution in [1.82, 2.24) is 10.2 Å². The van der Waals surface area contributed by atoms with Gasteiger partial charge in [0.15, 0.2) is 5.15 Å².